The summed E-state index contributed by atoms with van der Waals surface area (Å²) < 4.78 is 0. The lowest BCUT2D eigenvalue weighted by Gasteiger charge is -2.36. The van der Waals surface area contributed by atoms with Crippen molar-refractivity contribution in [2.45, 2.75) is 58.3 Å². The monoisotopic (exact) mass is 260 g/mol. The Labute approximate surface area is 115 Å². The molecule has 1 aliphatic rings. The third-order valence-corrected chi connectivity index (χ3v) is 4.48. The van der Waals surface area contributed by atoms with E-state index in [9.17, 15) is 9.90 Å². The van der Waals surface area contributed by atoms with Crippen LogP contribution in [-0.4, -0.2) is 11.1 Å². The predicted molar refractivity (Wildman–Crippen MR) is 77.5 cm³/mol. The van der Waals surface area contributed by atoms with Crippen molar-refractivity contribution < 1.29 is 9.90 Å². The van der Waals surface area contributed by atoms with E-state index < -0.39 is 11.9 Å². The lowest BCUT2D eigenvalue weighted by molar-refractivity contribution is -0.138. The molecule has 1 aromatic carbocycles. The van der Waals surface area contributed by atoms with Crippen LogP contribution in [0.25, 0.3) is 0 Å². The van der Waals surface area contributed by atoms with E-state index in [1.807, 2.05) is 18.2 Å². The van der Waals surface area contributed by atoms with Gasteiger partial charge in [0.05, 0.1) is 5.92 Å². The van der Waals surface area contributed by atoms with Gasteiger partial charge in [0, 0.05) is 0 Å². The molecule has 1 aliphatic carbocycles. The Bertz CT molecular complexity index is 462. The van der Waals surface area contributed by atoms with Crippen LogP contribution in [0.1, 0.15) is 69.4 Å². The fourth-order valence-electron chi connectivity index (χ4n) is 3.37. The van der Waals surface area contributed by atoms with Gasteiger partial charge in [-0.2, -0.15) is 0 Å². The molecule has 0 radical (unpaired) electrons. The van der Waals surface area contributed by atoms with Crippen molar-refractivity contribution in [3.63, 3.8) is 0 Å². The molecule has 0 spiro atoms. The Balaban J connectivity index is 2.32. The van der Waals surface area contributed by atoms with Crippen LogP contribution in [0.4, 0.5) is 0 Å². The molecular formula is C17H24O2. The van der Waals surface area contributed by atoms with Crippen molar-refractivity contribution in [2.75, 3.05) is 0 Å². The Morgan fingerprint density at radius 3 is 2.68 bits per heavy atom. The molecule has 2 rings (SSSR count). The average molecular weight is 260 g/mol. The van der Waals surface area contributed by atoms with E-state index in [1.165, 1.54) is 24.8 Å². The van der Waals surface area contributed by atoms with E-state index in [-0.39, 0.29) is 0 Å². The van der Waals surface area contributed by atoms with Gasteiger partial charge in [-0.15, -0.1) is 0 Å². The van der Waals surface area contributed by atoms with Gasteiger partial charge in [0.2, 0.25) is 0 Å². The molecule has 2 unspecified atom stereocenters. The normalized spacial score (nSPS) is 23.8. The summed E-state index contributed by atoms with van der Waals surface area (Å²) in [5, 5.41) is 9.26. The molecule has 2 nitrogen and oxygen atoms in total. The molecule has 0 aliphatic heterocycles. The maximum atomic E-state index is 11.3. The van der Waals surface area contributed by atoms with Crippen LogP contribution >= 0.6 is 0 Å². The first-order valence-electron chi connectivity index (χ1n) is 7.22. The van der Waals surface area contributed by atoms with Gasteiger partial charge >= 0.3 is 5.97 Å². The van der Waals surface area contributed by atoms with Crippen LogP contribution < -0.4 is 0 Å². The Morgan fingerprint density at radius 1 is 1.37 bits per heavy atom. The summed E-state index contributed by atoms with van der Waals surface area (Å²) >= 11 is 0. The van der Waals surface area contributed by atoms with Crippen LogP contribution in [0, 0.1) is 5.41 Å². The lowest BCUT2D eigenvalue weighted by atomic mass is 9.69. The number of carbonyl (C=O) groups is 1. The van der Waals surface area contributed by atoms with Crippen molar-refractivity contribution in [2.24, 2.45) is 5.41 Å². The number of hydrogen-bond donors (Lipinski definition) is 1. The van der Waals surface area contributed by atoms with Crippen LogP contribution in [0.15, 0.2) is 24.3 Å². The molecule has 104 valence electrons. The fourth-order valence-corrected chi connectivity index (χ4v) is 3.37. The largest absolute Gasteiger partial charge is 0.481 e. The molecule has 19 heavy (non-hydrogen) atoms. The highest BCUT2D eigenvalue weighted by molar-refractivity contribution is 5.76. The minimum absolute atomic E-state index is 0.377. The predicted octanol–water partition coefficient (Wildman–Crippen LogP) is 4.56. The molecule has 0 aromatic heterocycles. The summed E-state index contributed by atoms with van der Waals surface area (Å²) in [6.07, 6.45) is 4.87. The SMILES string of the molecule is CC(C(=O)O)c1ccccc1C1CCCC(C)(C)C1. The van der Waals surface area contributed by atoms with Gasteiger partial charge in [0.15, 0.2) is 0 Å². The van der Waals surface area contributed by atoms with Gasteiger partial charge in [0.1, 0.15) is 0 Å². The van der Waals surface area contributed by atoms with Crippen molar-refractivity contribution in [3.05, 3.63) is 35.4 Å². The molecule has 1 N–H and O–H groups in total. The second-order valence-electron chi connectivity index (χ2n) is 6.65. The highest BCUT2D eigenvalue weighted by atomic mass is 16.4. The van der Waals surface area contributed by atoms with E-state index in [1.54, 1.807) is 6.92 Å². The Hall–Kier alpha value is -1.31. The number of hydrogen-bond acceptors (Lipinski definition) is 1. The van der Waals surface area contributed by atoms with E-state index in [4.69, 9.17) is 0 Å². The van der Waals surface area contributed by atoms with E-state index in [0.717, 1.165) is 12.0 Å². The number of carboxylic acids is 1. The molecule has 2 atom stereocenters. The third-order valence-electron chi connectivity index (χ3n) is 4.48. The van der Waals surface area contributed by atoms with E-state index in [0.29, 0.717) is 11.3 Å². The van der Waals surface area contributed by atoms with E-state index >= 15 is 0 Å². The van der Waals surface area contributed by atoms with Gasteiger partial charge in [-0.25, -0.2) is 0 Å². The second kappa shape index (κ2) is 5.36. The number of benzene rings is 1. The van der Waals surface area contributed by atoms with Crippen molar-refractivity contribution in [3.8, 4) is 0 Å². The maximum Gasteiger partial charge on any atom is 0.310 e. The molecule has 0 bridgehead atoms. The summed E-state index contributed by atoms with van der Waals surface area (Å²) in [4.78, 5) is 11.3. The molecule has 1 aromatic rings. The van der Waals surface area contributed by atoms with Crippen LogP contribution in [0.2, 0.25) is 0 Å². The Kier molecular flexibility index (Phi) is 3.98. The van der Waals surface area contributed by atoms with Crippen molar-refractivity contribution in [1.29, 1.82) is 0 Å². The zero-order chi connectivity index (χ0) is 14.0. The van der Waals surface area contributed by atoms with Gasteiger partial charge in [-0.1, -0.05) is 44.5 Å². The smallest absolute Gasteiger partial charge is 0.310 e. The molecular weight excluding hydrogens is 236 g/mol. The lowest BCUT2D eigenvalue weighted by Crippen LogP contribution is -2.23. The standard InChI is InChI=1S/C17H24O2/c1-12(16(18)19)14-8-4-5-9-15(14)13-7-6-10-17(2,3)11-13/h4-5,8-9,12-13H,6-7,10-11H2,1-3H3,(H,18,19). The molecule has 1 fully saturated rings. The summed E-state index contributed by atoms with van der Waals surface area (Å²) in [5.41, 5.74) is 2.63. The molecule has 1 saturated carbocycles. The first-order valence-corrected chi connectivity index (χ1v) is 7.22. The fraction of sp³-hybridized carbons (Fsp3) is 0.588. The van der Waals surface area contributed by atoms with Crippen LogP contribution in [-0.2, 0) is 4.79 Å². The minimum atomic E-state index is -0.734. The molecule has 0 amide bonds. The number of aliphatic carboxylic acids is 1. The first-order chi connectivity index (χ1) is 8.91. The second-order valence-corrected chi connectivity index (χ2v) is 6.65. The van der Waals surface area contributed by atoms with Gasteiger partial charge in [-0.05, 0) is 48.6 Å². The van der Waals surface area contributed by atoms with Crippen molar-refractivity contribution >= 4 is 5.97 Å². The van der Waals surface area contributed by atoms with Crippen molar-refractivity contribution in [1.82, 2.24) is 0 Å². The van der Waals surface area contributed by atoms with Crippen LogP contribution in [0.3, 0.4) is 0 Å². The first kappa shape index (κ1) is 14.1. The summed E-state index contributed by atoms with van der Waals surface area (Å²) in [5.74, 6) is -0.634. The topological polar surface area (TPSA) is 37.3 Å². The summed E-state index contributed by atoms with van der Waals surface area (Å²) in [6, 6.07) is 8.10. The highest BCUT2D eigenvalue weighted by Gasteiger charge is 2.31. The van der Waals surface area contributed by atoms with Gasteiger partial charge in [-0.3, -0.25) is 4.79 Å². The summed E-state index contributed by atoms with van der Waals surface area (Å²) in [6.45, 7) is 6.43. The molecule has 0 saturated heterocycles. The highest BCUT2D eigenvalue weighted by Crippen LogP contribution is 2.44. The minimum Gasteiger partial charge on any atom is -0.481 e. The maximum absolute atomic E-state index is 11.3. The third kappa shape index (κ3) is 3.17. The van der Waals surface area contributed by atoms with Crippen LogP contribution in [0.5, 0.6) is 0 Å². The Morgan fingerprint density at radius 2 is 2.05 bits per heavy atom. The summed E-state index contributed by atoms with van der Waals surface area (Å²) in [7, 11) is 0. The van der Waals surface area contributed by atoms with Gasteiger partial charge < -0.3 is 5.11 Å². The van der Waals surface area contributed by atoms with E-state index in [2.05, 4.69) is 19.9 Å². The zero-order valence-electron chi connectivity index (χ0n) is 12.1. The number of rotatable bonds is 3. The average Bonchev–Trinajstić information content (AvgIpc) is 2.36. The quantitative estimate of drug-likeness (QED) is 0.865. The zero-order valence-corrected chi connectivity index (χ0v) is 12.1. The molecule has 2 heteroatoms. The number of carboxylic acid groups (broad SMARTS) is 1. The molecule has 0 heterocycles. The van der Waals surface area contributed by atoms with Gasteiger partial charge in [0.25, 0.3) is 0 Å².